The lowest BCUT2D eigenvalue weighted by molar-refractivity contribution is 0.315. The van der Waals surface area contributed by atoms with Crippen molar-refractivity contribution in [3.05, 3.63) is 29.3 Å². The molecule has 0 N–H and O–H groups in total. The number of hydrogen-bond donors (Lipinski definition) is 0. The zero-order valence-electron chi connectivity index (χ0n) is 9.87. The summed E-state index contributed by atoms with van der Waals surface area (Å²) in [7, 11) is 2.14. The van der Waals surface area contributed by atoms with Gasteiger partial charge in [0.15, 0.2) is 0 Å². The first-order valence-electron chi connectivity index (χ1n) is 5.39. The molecular formula is C12H18BClN. The van der Waals surface area contributed by atoms with E-state index in [9.17, 15) is 0 Å². The van der Waals surface area contributed by atoms with Crippen LogP contribution in [0.4, 0.5) is 0 Å². The van der Waals surface area contributed by atoms with Crippen molar-refractivity contribution in [2.45, 2.75) is 39.8 Å². The Morgan fingerprint density at radius 1 is 1.07 bits per heavy atom. The molecule has 1 rings (SSSR count). The van der Waals surface area contributed by atoms with Gasteiger partial charge in [-0.05, 0) is 23.6 Å². The fraction of sp³-hybridized carbons (Fsp3) is 0.500. The van der Waals surface area contributed by atoms with Gasteiger partial charge in [0.2, 0.25) is 7.41 Å². The largest absolute Gasteiger partial charge is 0.338 e. The van der Waals surface area contributed by atoms with Gasteiger partial charge in [-0.25, -0.2) is 0 Å². The first-order valence-corrected chi connectivity index (χ1v) is 5.77. The predicted octanol–water partition coefficient (Wildman–Crippen LogP) is 2.70. The molecule has 0 amide bonds. The second-order valence-electron chi connectivity index (χ2n) is 4.29. The molecule has 0 fully saturated rings. The van der Waals surface area contributed by atoms with Gasteiger partial charge in [-0.15, -0.1) is 0 Å². The van der Waals surface area contributed by atoms with E-state index in [-0.39, 0.29) is 0 Å². The van der Waals surface area contributed by atoms with E-state index in [2.05, 4.69) is 39.9 Å². The Labute approximate surface area is 98.7 Å². The molecule has 0 aliphatic rings. The van der Waals surface area contributed by atoms with Crippen LogP contribution in [0, 0.1) is 0 Å². The van der Waals surface area contributed by atoms with Crippen molar-refractivity contribution in [3.63, 3.8) is 0 Å². The van der Waals surface area contributed by atoms with E-state index in [4.69, 9.17) is 11.6 Å². The number of nitrogens with zero attached hydrogens (tertiary/aromatic N) is 1. The summed E-state index contributed by atoms with van der Waals surface area (Å²) < 4.78 is 0. The first kappa shape index (κ1) is 12.6. The molecule has 3 heteroatoms. The van der Waals surface area contributed by atoms with E-state index >= 15 is 0 Å². The highest BCUT2D eigenvalue weighted by Gasteiger charge is 2.16. The van der Waals surface area contributed by atoms with E-state index in [1.54, 1.807) is 0 Å². The van der Waals surface area contributed by atoms with Gasteiger partial charge in [0, 0.05) is 5.02 Å². The van der Waals surface area contributed by atoms with Gasteiger partial charge in [-0.1, -0.05) is 57.5 Å². The normalized spacial score (nSPS) is 11.5. The summed E-state index contributed by atoms with van der Waals surface area (Å²) in [6.45, 7) is 8.75. The number of rotatable bonds is 4. The first-order chi connectivity index (χ1) is 7.02. The second-order valence-corrected chi connectivity index (χ2v) is 4.69. The Hall–Kier alpha value is -0.465. The minimum atomic E-state index is 0.487. The molecule has 0 aliphatic heterocycles. The van der Waals surface area contributed by atoms with Crippen LogP contribution in [0.1, 0.15) is 27.7 Å². The Morgan fingerprint density at radius 3 is 2.07 bits per heavy atom. The molecule has 1 aromatic carbocycles. The minimum absolute atomic E-state index is 0.487. The molecule has 0 aliphatic carbocycles. The van der Waals surface area contributed by atoms with Crippen molar-refractivity contribution >= 4 is 24.5 Å². The smallest absolute Gasteiger partial charge is 0.249 e. The van der Waals surface area contributed by atoms with E-state index in [0.29, 0.717) is 12.1 Å². The van der Waals surface area contributed by atoms with Gasteiger partial charge in [0.05, 0.1) is 0 Å². The molecule has 0 bridgehead atoms. The average molecular weight is 223 g/mol. The zero-order valence-corrected chi connectivity index (χ0v) is 10.6. The molecule has 1 nitrogen and oxygen atoms in total. The topological polar surface area (TPSA) is 3.24 Å². The third-order valence-electron chi connectivity index (χ3n) is 2.39. The highest BCUT2D eigenvalue weighted by molar-refractivity contribution is 6.56. The van der Waals surface area contributed by atoms with Gasteiger partial charge in [-0.3, -0.25) is 0 Å². The second kappa shape index (κ2) is 5.57. The number of halogens is 1. The lowest BCUT2D eigenvalue weighted by Crippen LogP contribution is -2.45. The van der Waals surface area contributed by atoms with Crippen LogP contribution >= 0.6 is 11.6 Å². The van der Waals surface area contributed by atoms with Crippen molar-refractivity contribution in [2.75, 3.05) is 0 Å². The van der Waals surface area contributed by atoms with Crippen molar-refractivity contribution in [3.8, 4) is 0 Å². The van der Waals surface area contributed by atoms with Gasteiger partial charge < -0.3 is 4.81 Å². The van der Waals surface area contributed by atoms with Crippen LogP contribution < -0.4 is 5.46 Å². The molecule has 0 heterocycles. The summed E-state index contributed by atoms with van der Waals surface area (Å²) >= 11 is 6.12. The molecule has 81 valence electrons. The zero-order chi connectivity index (χ0) is 11.4. The van der Waals surface area contributed by atoms with Gasteiger partial charge in [0.25, 0.3) is 0 Å². The van der Waals surface area contributed by atoms with Crippen LogP contribution in [-0.2, 0) is 0 Å². The molecule has 0 spiro atoms. The van der Waals surface area contributed by atoms with Crippen molar-refractivity contribution in [2.24, 2.45) is 0 Å². The monoisotopic (exact) mass is 222 g/mol. The van der Waals surface area contributed by atoms with E-state index in [1.807, 2.05) is 24.3 Å². The van der Waals surface area contributed by atoms with Crippen LogP contribution in [0.5, 0.6) is 0 Å². The summed E-state index contributed by atoms with van der Waals surface area (Å²) in [5.74, 6) is 0. The van der Waals surface area contributed by atoms with Crippen LogP contribution in [-0.4, -0.2) is 24.3 Å². The maximum atomic E-state index is 6.12. The van der Waals surface area contributed by atoms with Gasteiger partial charge in [0.1, 0.15) is 0 Å². The lowest BCUT2D eigenvalue weighted by atomic mass is 9.78. The van der Waals surface area contributed by atoms with Crippen LogP contribution in [0.2, 0.25) is 5.02 Å². The fourth-order valence-electron chi connectivity index (χ4n) is 1.63. The number of benzene rings is 1. The summed E-state index contributed by atoms with van der Waals surface area (Å²) in [5.41, 5.74) is 1.08. The summed E-state index contributed by atoms with van der Waals surface area (Å²) in [6.07, 6.45) is 0. The summed E-state index contributed by atoms with van der Waals surface area (Å²) in [5, 5.41) is 0.809. The van der Waals surface area contributed by atoms with Gasteiger partial charge >= 0.3 is 0 Å². The average Bonchev–Trinajstić information content (AvgIpc) is 2.15. The summed E-state index contributed by atoms with van der Waals surface area (Å²) in [4.78, 5) is 2.31. The standard InChI is InChI=1S/C12H18BClN/c1-9(2)15(10(3)4)13-11-7-5-6-8-12(11)14/h5-10H,1-4H3. The van der Waals surface area contributed by atoms with E-state index < -0.39 is 0 Å². The van der Waals surface area contributed by atoms with Crippen LogP contribution in [0.15, 0.2) is 24.3 Å². The third-order valence-corrected chi connectivity index (χ3v) is 2.73. The predicted molar refractivity (Wildman–Crippen MR) is 69.0 cm³/mol. The third kappa shape index (κ3) is 3.55. The molecular weight excluding hydrogens is 204 g/mol. The van der Waals surface area contributed by atoms with Crippen molar-refractivity contribution in [1.29, 1.82) is 0 Å². The Bertz CT molecular complexity index is 304. The van der Waals surface area contributed by atoms with Crippen LogP contribution in [0.25, 0.3) is 0 Å². The lowest BCUT2D eigenvalue weighted by Gasteiger charge is -2.30. The Kier molecular flexibility index (Phi) is 4.68. The van der Waals surface area contributed by atoms with Crippen molar-refractivity contribution < 1.29 is 0 Å². The molecule has 0 atom stereocenters. The molecule has 1 radical (unpaired) electrons. The molecule has 15 heavy (non-hydrogen) atoms. The van der Waals surface area contributed by atoms with Crippen molar-refractivity contribution in [1.82, 2.24) is 4.81 Å². The highest BCUT2D eigenvalue weighted by Crippen LogP contribution is 2.07. The minimum Gasteiger partial charge on any atom is -0.338 e. The maximum Gasteiger partial charge on any atom is 0.249 e. The molecule has 0 unspecified atom stereocenters. The molecule has 0 aromatic heterocycles. The van der Waals surface area contributed by atoms with E-state index in [0.717, 1.165) is 10.5 Å². The molecule has 0 saturated carbocycles. The Morgan fingerprint density at radius 2 is 1.60 bits per heavy atom. The summed E-state index contributed by atoms with van der Waals surface area (Å²) in [6, 6.07) is 8.90. The quantitative estimate of drug-likeness (QED) is 0.708. The SMILES string of the molecule is CC(C)N([B]c1ccccc1Cl)C(C)C. The fourth-order valence-corrected chi connectivity index (χ4v) is 1.82. The van der Waals surface area contributed by atoms with Crippen LogP contribution in [0.3, 0.4) is 0 Å². The van der Waals surface area contributed by atoms with E-state index in [1.165, 1.54) is 0 Å². The Balaban J connectivity index is 2.79. The van der Waals surface area contributed by atoms with Gasteiger partial charge in [-0.2, -0.15) is 0 Å². The number of hydrogen-bond acceptors (Lipinski definition) is 1. The maximum absolute atomic E-state index is 6.12. The molecule has 1 aromatic rings. The highest BCUT2D eigenvalue weighted by atomic mass is 35.5. The molecule has 0 saturated heterocycles.